The fraction of sp³-hybridized carbons (Fsp3) is 0.667. The maximum absolute atomic E-state index is 11.5. The molecule has 1 aliphatic carbocycles. The number of carbonyl (C=O) groups is 1. The SMILES string of the molecule is Cc1nn(CCC(=O)NC2CC2)c(C)c1CO. The molecule has 0 aliphatic heterocycles. The number of hydrogen-bond donors (Lipinski definition) is 2. The first kappa shape index (κ1) is 12.1. The van der Waals surface area contributed by atoms with Gasteiger partial charge in [0.2, 0.25) is 5.91 Å². The zero-order chi connectivity index (χ0) is 12.4. The lowest BCUT2D eigenvalue weighted by Crippen LogP contribution is -2.26. The smallest absolute Gasteiger partial charge is 0.222 e. The van der Waals surface area contributed by atoms with Crippen LogP contribution in [0.5, 0.6) is 0 Å². The summed E-state index contributed by atoms with van der Waals surface area (Å²) in [5, 5.41) is 16.5. The molecule has 1 aromatic rings. The average molecular weight is 237 g/mol. The van der Waals surface area contributed by atoms with Gasteiger partial charge in [-0.3, -0.25) is 9.48 Å². The molecule has 5 nitrogen and oxygen atoms in total. The van der Waals surface area contributed by atoms with Crippen molar-refractivity contribution >= 4 is 5.91 Å². The highest BCUT2D eigenvalue weighted by Crippen LogP contribution is 2.18. The molecule has 0 radical (unpaired) electrons. The maximum atomic E-state index is 11.5. The topological polar surface area (TPSA) is 67.2 Å². The van der Waals surface area contributed by atoms with Gasteiger partial charge in [0.15, 0.2) is 0 Å². The minimum Gasteiger partial charge on any atom is -0.392 e. The molecule has 1 aromatic heterocycles. The van der Waals surface area contributed by atoms with Crippen LogP contribution in [-0.4, -0.2) is 26.8 Å². The number of aryl methyl sites for hydroxylation is 2. The lowest BCUT2D eigenvalue weighted by Gasteiger charge is -2.05. The summed E-state index contributed by atoms with van der Waals surface area (Å²) in [5.41, 5.74) is 2.66. The number of hydrogen-bond acceptors (Lipinski definition) is 3. The number of aromatic nitrogens is 2. The zero-order valence-corrected chi connectivity index (χ0v) is 10.4. The monoisotopic (exact) mass is 237 g/mol. The number of rotatable bonds is 5. The van der Waals surface area contributed by atoms with E-state index in [9.17, 15) is 9.90 Å². The quantitative estimate of drug-likeness (QED) is 0.790. The molecule has 0 aromatic carbocycles. The summed E-state index contributed by atoms with van der Waals surface area (Å²) in [7, 11) is 0. The third-order valence-corrected chi connectivity index (χ3v) is 3.18. The van der Waals surface area contributed by atoms with Gasteiger partial charge in [-0.15, -0.1) is 0 Å². The normalized spacial score (nSPS) is 15.0. The number of carbonyl (C=O) groups excluding carboxylic acids is 1. The van der Waals surface area contributed by atoms with Crippen LogP contribution in [0.3, 0.4) is 0 Å². The van der Waals surface area contributed by atoms with Gasteiger partial charge in [0.1, 0.15) is 0 Å². The Morgan fingerprint density at radius 1 is 1.53 bits per heavy atom. The third kappa shape index (κ3) is 2.85. The van der Waals surface area contributed by atoms with Crippen molar-refractivity contribution in [3.63, 3.8) is 0 Å². The average Bonchev–Trinajstić information content (AvgIpc) is 3.03. The first-order valence-electron chi connectivity index (χ1n) is 6.05. The highest BCUT2D eigenvalue weighted by atomic mass is 16.3. The Bertz CT molecular complexity index is 422. The van der Waals surface area contributed by atoms with Crippen LogP contribution in [0.1, 0.15) is 36.2 Å². The molecule has 17 heavy (non-hydrogen) atoms. The summed E-state index contributed by atoms with van der Waals surface area (Å²) in [6, 6.07) is 0.413. The van der Waals surface area contributed by atoms with Crippen molar-refractivity contribution in [1.29, 1.82) is 0 Å². The van der Waals surface area contributed by atoms with E-state index in [1.165, 1.54) is 0 Å². The summed E-state index contributed by atoms with van der Waals surface area (Å²) in [5.74, 6) is 0.0885. The molecule has 1 amide bonds. The van der Waals surface area contributed by atoms with Gasteiger partial charge >= 0.3 is 0 Å². The van der Waals surface area contributed by atoms with E-state index in [1.54, 1.807) is 4.68 Å². The lowest BCUT2D eigenvalue weighted by atomic mass is 10.2. The van der Waals surface area contributed by atoms with Crippen molar-refractivity contribution in [1.82, 2.24) is 15.1 Å². The predicted molar refractivity (Wildman–Crippen MR) is 63.4 cm³/mol. The minimum atomic E-state index is 0.00589. The Kier molecular flexibility index (Phi) is 3.47. The van der Waals surface area contributed by atoms with Gasteiger partial charge in [-0.1, -0.05) is 0 Å². The van der Waals surface area contributed by atoms with Crippen LogP contribution < -0.4 is 5.32 Å². The number of nitrogens with zero attached hydrogens (tertiary/aromatic N) is 2. The summed E-state index contributed by atoms with van der Waals surface area (Å²) in [4.78, 5) is 11.5. The molecule has 1 aliphatic rings. The number of nitrogens with one attached hydrogen (secondary N) is 1. The van der Waals surface area contributed by atoms with E-state index in [1.807, 2.05) is 13.8 Å². The van der Waals surface area contributed by atoms with Crippen LogP contribution in [-0.2, 0) is 17.9 Å². The molecule has 5 heteroatoms. The molecule has 0 bridgehead atoms. The van der Waals surface area contributed by atoms with Crippen molar-refractivity contribution in [3.05, 3.63) is 17.0 Å². The summed E-state index contributed by atoms with van der Waals surface area (Å²) >= 11 is 0. The Hall–Kier alpha value is -1.36. The molecule has 1 saturated carbocycles. The minimum absolute atomic E-state index is 0.00589. The van der Waals surface area contributed by atoms with Gasteiger partial charge < -0.3 is 10.4 Å². The summed E-state index contributed by atoms with van der Waals surface area (Å²) in [6.07, 6.45) is 2.67. The van der Waals surface area contributed by atoms with Gasteiger partial charge in [0.25, 0.3) is 0 Å². The molecular weight excluding hydrogens is 218 g/mol. The second-order valence-electron chi connectivity index (χ2n) is 4.62. The highest BCUT2D eigenvalue weighted by Gasteiger charge is 2.23. The largest absolute Gasteiger partial charge is 0.392 e. The van der Waals surface area contributed by atoms with Crippen LogP contribution >= 0.6 is 0 Å². The molecular formula is C12H19N3O2. The molecule has 0 atom stereocenters. The number of aliphatic hydroxyl groups excluding tert-OH is 1. The standard InChI is InChI=1S/C12H19N3O2/c1-8-11(7-16)9(2)15(14-8)6-5-12(17)13-10-3-4-10/h10,16H,3-7H2,1-2H3,(H,13,17). The van der Waals surface area contributed by atoms with Crippen LogP contribution in [0.2, 0.25) is 0 Å². The van der Waals surface area contributed by atoms with E-state index >= 15 is 0 Å². The maximum Gasteiger partial charge on any atom is 0.222 e. The molecule has 0 spiro atoms. The van der Waals surface area contributed by atoms with Crippen molar-refractivity contribution < 1.29 is 9.90 Å². The Labute approximate surface area is 101 Å². The zero-order valence-electron chi connectivity index (χ0n) is 10.4. The fourth-order valence-electron chi connectivity index (χ4n) is 1.92. The first-order chi connectivity index (χ1) is 8.11. The molecule has 2 rings (SSSR count). The Morgan fingerprint density at radius 3 is 2.76 bits per heavy atom. The second kappa shape index (κ2) is 4.87. The van der Waals surface area contributed by atoms with Gasteiger partial charge in [-0.25, -0.2) is 0 Å². The van der Waals surface area contributed by atoms with Crippen molar-refractivity contribution in [2.75, 3.05) is 0 Å². The third-order valence-electron chi connectivity index (χ3n) is 3.18. The van der Waals surface area contributed by atoms with E-state index in [-0.39, 0.29) is 12.5 Å². The fourth-order valence-corrected chi connectivity index (χ4v) is 1.92. The summed E-state index contributed by atoms with van der Waals surface area (Å²) < 4.78 is 1.80. The van der Waals surface area contributed by atoms with E-state index < -0.39 is 0 Å². The van der Waals surface area contributed by atoms with Gasteiger partial charge in [-0.05, 0) is 26.7 Å². The molecule has 0 unspecified atom stereocenters. The molecule has 94 valence electrons. The van der Waals surface area contributed by atoms with E-state index in [0.29, 0.717) is 19.0 Å². The number of aliphatic hydroxyl groups is 1. The molecule has 1 fully saturated rings. The van der Waals surface area contributed by atoms with E-state index in [0.717, 1.165) is 29.8 Å². The van der Waals surface area contributed by atoms with E-state index in [4.69, 9.17) is 0 Å². The van der Waals surface area contributed by atoms with Crippen molar-refractivity contribution in [2.45, 2.75) is 52.3 Å². The van der Waals surface area contributed by atoms with Gasteiger partial charge in [0, 0.05) is 30.3 Å². The van der Waals surface area contributed by atoms with Crippen LogP contribution in [0.15, 0.2) is 0 Å². The Morgan fingerprint density at radius 2 is 2.24 bits per heavy atom. The lowest BCUT2D eigenvalue weighted by molar-refractivity contribution is -0.121. The summed E-state index contributed by atoms with van der Waals surface area (Å²) in [6.45, 7) is 4.38. The van der Waals surface area contributed by atoms with Crippen LogP contribution in [0.25, 0.3) is 0 Å². The van der Waals surface area contributed by atoms with Crippen LogP contribution in [0, 0.1) is 13.8 Å². The molecule has 1 heterocycles. The van der Waals surface area contributed by atoms with E-state index in [2.05, 4.69) is 10.4 Å². The molecule has 2 N–H and O–H groups in total. The van der Waals surface area contributed by atoms with Gasteiger partial charge in [-0.2, -0.15) is 5.10 Å². The molecule has 0 saturated heterocycles. The number of amides is 1. The second-order valence-corrected chi connectivity index (χ2v) is 4.62. The van der Waals surface area contributed by atoms with Crippen molar-refractivity contribution in [3.8, 4) is 0 Å². The predicted octanol–water partition coefficient (Wildman–Crippen LogP) is 0.661. The first-order valence-corrected chi connectivity index (χ1v) is 6.05. The highest BCUT2D eigenvalue weighted by molar-refractivity contribution is 5.76. The van der Waals surface area contributed by atoms with Crippen LogP contribution in [0.4, 0.5) is 0 Å². The Balaban J connectivity index is 1.91. The van der Waals surface area contributed by atoms with Crippen molar-refractivity contribution in [2.24, 2.45) is 0 Å². The van der Waals surface area contributed by atoms with Gasteiger partial charge in [0.05, 0.1) is 12.3 Å².